The molecule has 210 valence electrons. The van der Waals surface area contributed by atoms with E-state index in [9.17, 15) is 19.2 Å². The van der Waals surface area contributed by atoms with E-state index in [1.165, 1.54) is 12.1 Å². The van der Waals surface area contributed by atoms with Crippen molar-refractivity contribution in [2.45, 2.75) is 71.8 Å². The van der Waals surface area contributed by atoms with E-state index in [1.807, 2.05) is 30.3 Å². The highest BCUT2D eigenvalue weighted by Gasteiger charge is 2.29. The van der Waals surface area contributed by atoms with Crippen LogP contribution >= 0.6 is 0 Å². The number of esters is 1. The Morgan fingerprint density at radius 1 is 1.11 bits per heavy atom. The van der Waals surface area contributed by atoms with Crippen molar-refractivity contribution in [1.82, 2.24) is 21.1 Å². The van der Waals surface area contributed by atoms with Crippen molar-refractivity contribution in [1.29, 1.82) is 0 Å². The fourth-order valence-electron chi connectivity index (χ4n) is 3.24. The van der Waals surface area contributed by atoms with E-state index in [1.54, 1.807) is 34.6 Å². The van der Waals surface area contributed by atoms with Crippen LogP contribution in [0.2, 0.25) is 0 Å². The SMILES string of the molecule is CC(C)[C@H](NC(=O)OC(C)(C)C)C(=O)N[C@@H](CCN=[N+]=[N-])CC(=O)NN(C)CC(=O)OCc1ccccc1. The first-order valence-electron chi connectivity index (χ1n) is 12.3. The molecule has 3 amide bonds. The molecular weight excluding hydrogens is 494 g/mol. The molecule has 1 aromatic carbocycles. The fraction of sp³-hybridized carbons (Fsp3) is 0.600. The summed E-state index contributed by atoms with van der Waals surface area (Å²) in [5, 5.41) is 10.1. The van der Waals surface area contributed by atoms with Crippen molar-refractivity contribution in [3.63, 3.8) is 0 Å². The third-order valence-electron chi connectivity index (χ3n) is 4.96. The molecule has 0 bridgehead atoms. The Morgan fingerprint density at radius 3 is 2.34 bits per heavy atom. The van der Waals surface area contributed by atoms with Gasteiger partial charge in [0.1, 0.15) is 24.8 Å². The number of rotatable bonds is 14. The van der Waals surface area contributed by atoms with Crippen molar-refractivity contribution in [2.75, 3.05) is 20.1 Å². The number of carbonyl (C=O) groups excluding carboxylic acids is 4. The van der Waals surface area contributed by atoms with Crippen LogP contribution in [0.3, 0.4) is 0 Å². The molecular formula is C25H39N7O6. The zero-order chi connectivity index (χ0) is 28.7. The monoisotopic (exact) mass is 533 g/mol. The average molecular weight is 534 g/mol. The summed E-state index contributed by atoms with van der Waals surface area (Å²) in [7, 11) is 1.51. The zero-order valence-corrected chi connectivity index (χ0v) is 22.9. The van der Waals surface area contributed by atoms with Crippen molar-refractivity contribution in [3.8, 4) is 0 Å². The predicted octanol–water partition coefficient (Wildman–Crippen LogP) is 2.82. The van der Waals surface area contributed by atoms with Crippen LogP contribution in [0.4, 0.5) is 4.79 Å². The number of hydrogen-bond acceptors (Lipinski definition) is 8. The summed E-state index contributed by atoms with van der Waals surface area (Å²) in [6.45, 7) is 8.61. The second-order valence-corrected chi connectivity index (χ2v) is 10.1. The molecule has 0 saturated carbocycles. The van der Waals surface area contributed by atoms with Gasteiger partial charge in [-0.2, -0.15) is 0 Å². The minimum absolute atomic E-state index is 0.0439. The first-order chi connectivity index (χ1) is 17.8. The van der Waals surface area contributed by atoms with Crippen LogP contribution in [-0.2, 0) is 30.5 Å². The smallest absolute Gasteiger partial charge is 0.408 e. The highest BCUT2D eigenvalue weighted by atomic mass is 16.6. The van der Waals surface area contributed by atoms with Crippen LogP contribution in [0.25, 0.3) is 10.4 Å². The minimum atomic E-state index is -0.920. The third kappa shape index (κ3) is 14.0. The second-order valence-electron chi connectivity index (χ2n) is 10.1. The van der Waals surface area contributed by atoms with Crippen molar-refractivity contribution < 1.29 is 28.7 Å². The molecule has 13 nitrogen and oxygen atoms in total. The molecule has 0 aliphatic heterocycles. The van der Waals surface area contributed by atoms with Gasteiger partial charge in [-0.15, -0.1) is 0 Å². The molecule has 0 saturated heterocycles. The number of hydrazine groups is 1. The van der Waals surface area contributed by atoms with Crippen LogP contribution < -0.4 is 16.1 Å². The Balaban J connectivity index is 2.69. The molecule has 0 fully saturated rings. The largest absolute Gasteiger partial charge is 0.460 e. The first kappa shape index (κ1) is 32.2. The summed E-state index contributed by atoms with van der Waals surface area (Å²) in [4.78, 5) is 52.6. The number of carbonyl (C=O) groups is 4. The number of alkyl carbamates (subject to hydrolysis) is 1. The Bertz CT molecular complexity index is 974. The van der Waals surface area contributed by atoms with Crippen LogP contribution in [0.1, 0.15) is 53.0 Å². The fourth-order valence-corrected chi connectivity index (χ4v) is 3.24. The molecule has 0 unspecified atom stereocenters. The second kappa shape index (κ2) is 16.1. The Labute approximate surface area is 223 Å². The first-order valence-corrected chi connectivity index (χ1v) is 12.3. The van der Waals surface area contributed by atoms with E-state index in [0.29, 0.717) is 0 Å². The highest BCUT2D eigenvalue weighted by Crippen LogP contribution is 2.10. The summed E-state index contributed by atoms with van der Waals surface area (Å²) in [5.41, 5.74) is 11.3. The lowest BCUT2D eigenvalue weighted by Gasteiger charge is -2.27. The molecule has 0 heterocycles. The number of hydrogen-bond donors (Lipinski definition) is 3. The predicted molar refractivity (Wildman–Crippen MR) is 140 cm³/mol. The molecule has 2 atom stereocenters. The maximum Gasteiger partial charge on any atom is 0.408 e. The molecule has 0 aliphatic carbocycles. The maximum atomic E-state index is 13.0. The summed E-state index contributed by atoms with van der Waals surface area (Å²) >= 11 is 0. The quantitative estimate of drug-likeness (QED) is 0.108. The van der Waals surface area contributed by atoms with Crippen LogP contribution in [0, 0.1) is 5.92 Å². The molecule has 0 aliphatic rings. The molecule has 0 aromatic heterocycles. The van der Waals surface area contributed by atoms with E-state index in [4.69, 9.17) is 15.0 Å². The Kier molecular flexibility index (Phi) is 13.6. The number of amides is 3. The van der Waals surface area contributed by atoms with Gasteiger partial charge in [-0.25, -0.2) is 9.80 Å². The molecule has 38 heavy (non-hydrogen) atoms. The van der Waals surface area contributed by atoms with E-state index in [-0.39, 0.29) is 38.5 Å². The lowest BCUT2D eigenvalue weighted by molar-refractivity contribution is -0.147. The van der Waals surface area contributed by atoms with E-state index >= 15 is 0 Å². The molecule has 3 N–H and O–H groups in total. The van der Waals surface area contributed by atoms with Crippen molar-refractivity contribution in [2.24, 2.45) is 11.0 Å². The van der Waals surface area contributed by atoms with E-state index < -0.39 is 41.6 Å². The van der Waals surface area contributed by atoms with Gasteiger partial charge in [0.15, 0.2) is 0 Å². The summed E-state index contributed by atoms with van der Waals surface area (Å²) in [6.07, 6.45) is -0.716. The van der Waals surface area contributed by atoms with Gasteiger partial charge in [0.25, 0.3) is 0 Å². The van der Waals surface area contributed by atoms with Crippen LogP contribution in [0.15, 0.2) is 35.4 Å². The van der Waals surface area contributed by atoms with Crippen molar-refractivity contribution >= 4 is 23.9 Å². The lowest BCUT2D eigenvalue weighted by Crippen LogP contribution is -2.54. The lowest BCUT2D eigenvalue weighted by atomic mass is 10.0. The van der Waals surface area contributed by atoms with E-state index in [2.05, 4.69) is 26.1 Å². The third-order valence-corrected chi connectivity index (χ3v) is 4.96. The Morgan fingerprint density at radius 2 is 1.76 bits per heavy atom. The topological polar surface area (TPSA) is 175 Å². The summed E-state index contributed by atoms with van der Waals surface area (Å²) in [6, 6.07) is 7.57. The van der Waals surface area contributed by atoms with Gasteiger partial charge >= 0.3 is 12.1 Å². The van der Waals surface area contributed by atoms with Crippen molar-refractivity contribution in [3.05, 3.63) is 46.3 Å². The summed E-state index contributed by atoms with van der Waals surface area (Å²) < 4.78 is 10.5. The number of nitrogens with zero attached hydrogens (tertiary/aromatic N) is 4. The number of ether oxygens (including phenoxy) is 2. The normalized spacial score (nSPS) is 12.6. The number of benzene rings is 1. The average Bonchev–Trinajstić information content (AvgIpc) is 2.80. The van der Waals surface area contributed by atoms with E-state index in [0.717, 1.165) is 5.56 Å². The van der Waals surface area contributed by atoms with Gasteiger partial charge in [0, 0.05) is 31.0 Å². The highest BCUT2D eigenvalue weighted by molar-refractivity contribution is 5.87. The zero-order valence-electron chi connectivity index (χ0n) is 22.9. The standard InChI is InChI=1S/C25H39N7O6/c1-17(2)22(29-24(36)38-25(3,4)5)23(35)28-19(12-13-27-31-26)14-20(33)30-32(6)15-21(34)37-16-18-10-8-7-9-11-18/h7-11,17,19,22H,12-16H2,1-6H3,(H,28,35)(H,29,36)(H,30,33)/t19-,22-/m0/s1. The molecule has 1 aromatic rings. The van der Waals surface area contributed by atoms with Gasteiger partial charge in [-0.3, -0.25) is 19.8 Å². The maximum absolute atomic E-state index is 13.0. The van der Waals surface area contributed by atoms with Crippen LogP contribution in [-0.4, -0.2) is 66.7 Å². The van der Waals surface area contributed by atoms with Gasteiger partial charge in [0.2, 0.25) is 11.8 Å². The molecule has 1 rings (SSSR count). The number of azide groups is 1. The number of nitrogens with one attached hydrogen (secondary N) is 3. The minimum Gasteiger partial charge on any atom is -0.460 e. The Hall–Kier alpha value is -3.83. The van der Waals surface area contributed by atoms with Gasteiger partial charge in [-0.1, -0.05) is 49.3 Å². The van der Waals surface area contributed by atoms with Gasteiger partial charge < -0.3 is 20.1 Å². The van der Waals surface area contributed by atoms with Gasteiger partial charge in [-0.05, 0) is 44.2 Å². The molecule has 0 spiro atoms. The molecule has 13 heteroatoms. The van der Waals surface area contributed by atoms with Crippen LogP contribution in [0.5, 0.6) is 0 Å². The number of likely N-dealkylation sites (N-methyl/N-ethyl adjacent to an activating group) is 1. The summed E-state index contributed by atoms with van der Waals surface area (Å²) in [5.74, 6) is -1.79. The molecule has 0 radical (unpaired) electrons. The van der Waals surface area contributed by atoms with Gasteiger partial charge in [0.05, 0.1) is 0 Å².